The Labute approximate surface area is 84.3 Å². The van der Waals surface area contributed by atoms with Gasteiger partial charge < -0.3 is 0 Å². The Balaban J connectivity index is 3.06. The van der Waals surface area contributed by atoms with Crippen molar-refractivity contribution in [2.24, 2.45) is 0 Å². The summed E-state index contributed by atoms with van der Waals surface area (Å²) in [5, 5.41) is 0.940. The normalized spacial score (nSPS) is 10.1. The highest BCUT2D eigenvalue weighted by Gasteiger charge is 1.98. The molecule has 0 bridgehead atoms. The van der Waals surface area contributed by atoms with E-state index in [2.05, 4.69) is 57.0 Å². The first kappa shape index (κ1) is 9.27. The van der Waals surface area contributed by atoms with Gasteiger partial charge in [0.15, 0.2) is 0 Å². The second kappa shape index (κ2) is 4.27. The summed E-state index contributed by atoms with van der Waals surface area (Å²) in [5.41, 5.74) is 2.80. The lowest BCUT2D eigenvalue weighted by Crippen LogP contribution is -1.88. The predicted molar refractivity (Wildman–Crippen MR) is 56.2 cm³/mol. The van der Waals surface area contributed by atoms with Crippen LogP contribution in [0.15, 0.2) is 22.7 Å². The van der Waals surface area contributed by atoms with Gasteiger partial charge >= 0.3 is 0 Å². The van der Waals surface area contributed by atoms with Crippen LogP contribution in [0.1, 0.15) is 18.1 Å². The molecule has 2 heteroatoms. The van der Waals surface area contributed by atoms with Crippen LogP contribution >= 0.6 is 31.9 Å². The van der Waals surface area contributed by atoms with Gasteiger partial charge in [-0.2, -0.15) is 0 Å². The van der Waals surface area contributed by atoms with Crippen molar-refractivity contribution in [3.05, 3.63) is 33.8 Å². The summed E-state index contributed by atoms with van der Waals surface area (Å²) >= 11 is 6.91. The second-order valence-corrected chi connectivity index (χ2v) is 3.88. The SMILES string of the molecule is CCc1ccc(Br)cc1CBr. The summed E-state index contributed by atoms with van der Waals surface area (Å²) < 4.78 is 1.16. The molecular weight excluding hydrogens is 268 g/mol. The number of hydrogen-bond acceptors (Lipinski definition) is 0. The van der Waals surface area contributed by atoms with Crippen molar-refractivity contribution in [2.45, 2.75) is 18.7 Å². The molecule has 0 aliphatic carbocycles. The summed E-state index contributed by atoms with van der Waals surface area (Å²) in [6.45, 7) is 2.18. The molecule has 0 radical (unpaired) electrons. The van der Waals surface area contributed by atoms with Gasteiger partial charge in [0.2, 0.25) is 0 Å². The van der Waals surface area contributed by atoms with Gasteiger partial charge in [0.1, 0.15) is 0 Å². The summed E-state index contributed by atoms with van der Waals surface area (Å²) in [4.78, 5) is 0. The van der Waals surface area contributed by atoms with Crippen LogP contribution in [0.25, 0.3) is 0 Å². The molecule has 1 rings (SSSR count). The summed E-state index contributed by atoms with van der Waals surface area (Å²) in [5.74, 6) is 0. The van der Waals surface area contributed by atoms with E-state index in [1.165, 1.54) is 11.1 Å². The van der Waals surface area contributed by atoms with Crippen molar-refractivity contribution >= 4 is 31.9 Å². The van der Waals surface area contributed by atoms with Gasteiger partial charge in [0.25, 0.3) is 0 Å². The Kier molecular flexibility index (Phi) is 3.60. The van der Waals surface area contributed by atoms with Crippen molar-refractivity contribution < 1.29 is 0 Å². The quantitative estimate of drug-likeness (QED) is 0.719. The molecule has 11 heavy (non-hydrogen) atoms. The first-order chi connectivity index (χ1) is 5.27. The van der Waals surface area contributed by atoms with E-state index in [0.717, 1.165) is 16.2 Å². The Morgan fingerprint density at radius 3 is 2.55 bits per heavy atom. The molecule has 0 atom stereocenters. The average molecular weight is 278 g/mol. The molecular formula is C9H10Br2. The zero-order chi connectivity index (χ0) is 8.27. The van der Waals surface area contributed by atoms with Crippen molar-refractivity contribution in [1.82, 2.24) is 0 Å². The highest BCUT2D eigenvalue weighted by atomic mass is 79.9. The minimum Gasteiger partial charge on any atom is -0.0876 e. The lowest BCUT2D eigenvalue weighted by Gasteiger charge is -2.03. The molecule has 0 aliphatic rings. The molecule has 0 fully saturated rings. The summed E-state index contributed by atoms with van der Waals surface area (Å²) in [6.07, 6.45) is 1.11. The predicted octanol–water partition coefficient (Wildman–Crippen LogP) is 3.91. The van der Waals surface area contributed by atoms with Crippen LogP contribution in [-0.4, -0.2) is 0 Å². The Hall–Kier alpha value is 0.180. The monoisotopic (exact) mass is 276 g/mol. The van der Waals surface area contributed by atoms with Crippen LogP contribution in [0.5, 0.6) is 0 Å². The Bertz CT molecular complexity index is 243. The fourth-order valence-electron chi connectivity index (χ4n) is 1.06. The molecule has 0 unspecified atom stereocenters. The maximum absolute atomic E-state index is 3.46. The van der Waals surface area contributed by atoms with Gasteiger partial charge in [-0.25, -0.2) is 0 Å². The van der Waals surface area contributed by atoms with E-state index in [1.807, 2.05) is 0 Å². The minimum atomic E-state index is 0.940. The van der Waals surface area contributed by atoms with Crippen LogP contribution in [0.2, 0.25) is 0 Å². The van der Waals surface area contributed by atoms with Crippen LogP contribution in [0.4, 0.5) is 0 Å². The molecule has 0 aromatic heterocycles. The van der Waals surface area contributed by atoms with E-state index in [-0.39, 0.29) is 0 Å². The van der Waals surface area contributed by atoms with Crippen LogP contribution in [-0.2, 0) is 11.8 Å². The van der Waals surface area contributed by atoms with Crippen molar-refractivity contribution in [3.8, 4) is 0 Å². The lowest BCUT2D eigenvalue weighted by atomic mass is 10.1. The van der Waals surface area contributed by atoms with Gasteiger partial charge in [0.05, 0.1) is 0 Å². The van der Waals surface area contributed by atoms with Crippen LogP contribution in [0, 0.1) is 0 Å². The summed E-state index contributed by atoms with van der Waals surface area (Å²) in [7, 11) is 0. The molecule has 60 valence electrons. The maximum atomic E-state index is 3.46. The molecule has 0 heterocycles. The highest BCUT2D eigenvalue weighted by molar-refractivity contribution is 9.10. The van der Waals surface area contributed by atoms with Gasteiger partial charge in [-0.05, 0) is 29.7 Å². The molecule has 0 saturated heterocycles. The zero-order valence-corrected chi connectivity index (χ0v) is 9.57. The van der Waals surface area contributed by atoms with Gasteiger partial charge in [-0.15, -0.1) is 0 Å². The Morgan fingerprint density at radius 2 is 2.00 bits per heavy atom. The number of rotatable bonds is 2. The molecule has 1 aromatic carbocycles. The van der Waals surface area contributed by atoms with Crippen molar-refractivity contribution in [1.29, 1.82) is 0 Å². The molecule has 0 N–H and O–H groups in total. The standard InChI is InChI=1S/C9H10Br2/c1-2-7-3-4-9(11)5-8(7)6-10/h3-5H,2,6H2,1H3. The Morgan fingerprint density at radius 1 is 1.27 bits per heavy atom. The van der Waals surface area contributed by atoms with E-state index >= 15 is 0 Å². The maximum Gasteiger partial charge on any atom is 0.0286 e. The van der Waals surface area contributed by atoms with E-state index in [4.69, 9.17) is 0 Å². The fourth-order valence-corrected chi connectivity index (χ4v) is 1.99. The lowest BCUT2D eigenvalue weighted by molar-refractivity contribution is 1.10. The van der Waals surface area contributed by atoms with Gasteiger partial charge in [0, 0.05) is 9.80 Å². The molecule has 0 amide bonds. The number of aryl methyl sites for hydroxylation is 1. The van der Waals surface area contributed by atoms with E-state index in [0.29, 0.717) is 0 Å². The van der Waals surface area contributed by atoms with Crippen LogP contribution in [0.3, 0.4) is 0 Å². The zero-order valence-electron chi connectivity index (χ0n) is 6.40. The number of benzene rings is 1. The van der Waals surface area contributed by atoms with Gasteiger partial charge in [-0.1, -0.05) is 44.8 Å². The molecule has 0 saturated carbocycles. The van der Waals surface area contributed by atoms with E-state index in [9.17, 15) is 0 Å². The molecule has 0 nitrogen and oxygen atoms in total. The molecule has 0 aliphatic heterocycles. The summed E-state index contributed by atoms with van der Waals surface area (Å²) in [6, 6.07) is 6.42. The van der Waals surface area contributed by atoms with Gasteiger partial charge in [-0.3, -0.25) is 0 Å². The van der Waals surface area contributed by atoms with Crippen molar-refractivity contribution in [2.75, 3.05) is 0 Å². The third kappa shape index (κ3) is 2.31. The third-order valence-electron chi connectivity index (χ3n) is 1.69. The van der Waals surface area contributed by atoms with Crippen LogP contribution < -0.4 is 0 Å². The smallest absolute Gasteiger partial charge is 0.0286 e. The first-order valence-electron chi connectivity index (χ1n) is 3.61. The molecule has 1 aromatic rings. The minimum absolute atomic E-state index is 0.940. The largest absolute Gasteiger partial charge is 0.0876 e. The topological polar surface area (TPSA) is 0 Å². The van der Waals surface area contributed by atoms with E-state index in [1.54, 1.807) is 0 Å². The number of alkyl halides is 1. The number of hydrogen-bond donors (Lipinski definition) is 0. The highest BCUT2D eigenvalue weighted by Crippen LogP contribution is 2.19. The average Bonchev–Trinajstić information content (AvgIpc) is 2.04. The second-order valence-electron chi connectivity index (χ2n) is 2.40. The third-order valence-corrected chi connectivity index (χ3v) is 2.79. The fraction of sp³-hybridized carbons (Fsp3) is 0.333. The first-order valence-corrected chi connectivity index (χ1v) is 5.52. The van der Waals surface area contributed by atoms with E-state index < -0.39 is 0 Å². The number of halogens is 2. The van der Waals surface area contributed by atoms with Crippen molar-refractivity contribution in [3.63, 3.8) is 0 Å². The molecule has 0 spiro atoms.